The second kappa shape index (κ2) is 7.63. The lowest BCUT2D eigenvalue weighted by Crippen LogP contribution is -2.30. The van der Waals surface area contributed by atoms with Crippen molar-refractivity contribution in [1.29, 1.82) is 0 Å². The second-order valence-electron chi connectivity index (χ2n) is 5.67. The van der Waals surface area contributed by atoms with Crippen molar-refractivity contribution in [3.8, 4) is 11.4 Å². The summed E-state index contributed by atoms with van der Waals surface area (Å²) in [5.74, 6) is 1.01. The van der Waals surface area contributed by atoms with Gasteiger partial charge in [-0.2, -0.15) is 4.98 Å². The van der Waals surface area contributed by atoms with Gasteiger partial charge in [0.25, 0.3) is 0 Å². The van der Waals surface area contributed by atoms with Gasteiger partial charge in [0, 0.05) is 23.3 Å². The van der Waals surface area contributed by atoms with E-state index in [9.17, 15) is 0 Å². The summed E-state index contributed by atoms with van der Waals surface area (Å²) < 4.78 is 5.31. The summed E-state index contributed by atoms with van der Waals surface area (Å²) in [6, 6.07) is 15.3. The van der Waals surface area contributed by atoms with Crippen LogP contribution in [0.1, 0.15) is 11.5 Å². The zero-order valence-corrected chi connectivity index (χ0v) is 15.4. The van der Waals surface area contributed by atoms with Crippen LogP contribution in [0.5, 0.6) is 0 Å². The summed E-state index contributed by atoms with van der Waals surface area (Å²) in [5.41, 5.74) is 2.99. The Hall–Kier alpha value is -2.44. The summed E-state index contributed by atoms with van der Waals surface area (Å²) in [6.45, 7) is 2.46. The van der Waals surface area contributed by atoms with E-state index in [1.54, 1.807) is 12.1 Å². The molecule has 1 heterocycles. The Morgan fingerprint density at radius 1 is 1.16 bits per heavy atom. The van der Waals surface area contributed by atoms with E-state index in [1.807, 2.05) is 55.3 Å². The molecule has 0 bridgehead atoms. The van der Waals surface area contributed by atoms with E-state index in [1.165, 1.54) is 5.56 Å². The van der Waals surface area contributed by atoms with E-state index >= 15 is 0 Å². The highest BCUT2D eigenvalue weighted by atomic mass is 35.5. The molecule has 0 aliphatic carbocycles. The van der Waals surface area contributed by atoms with Gasteiger partial charge in [-0.25, -0.2) is 0 Å². The summed E-state index contributed by atoms with van der Waals surface area (Å²) in [4.78, 5) is 6.24. The van der Waals surface area contributed by atoms with Crippen LogP contribution in [0.4, 0.5) is 5.69 Å². The van der Waals surface area contributed by atoms with E-state index < -0.39 is 0 Å². The van der Waals surface area contributed by atoms with Crippen LogP contribution in [0.15, 0.2) is 53.1 Å². The van der Waals surface area contributed by atoms with Gasteiger partial charge in [0.2, 0.25) is 11.7 Å². The Kier molecular flexibility index (Phi) is 5.31. The average molecular weight is 373 g/mol. The molecular weight excluding hydrogens is 356 g/mol. The van der Waals surface area contributed by atoms with Gasteiger partial charge >= 0.3 is 0 Å². The summed E-state index contributed by atoms with van der Waals surface area (Å²) in [6.07, 6.45) is 0. The first-order valence-corrected chi connectivity index (χ1v) is 8.47. The van der Waals surface area contributed by atoms with Crippen LogP contribution in [0.2, 0.25) is 5.02 Å². The average Bonchev–Trinajstić information content (AvgIpc) is 3.06. The fraction of sp³-hybridized carbons (Fsp3) is 0.167. The fourth-order valence-corrected chi connectivity index (χ4v) is 2.47. The molecule has 5 nitrogen and oxygen atoms in total. The highest BCUT2D eigenvalue weighted by Crippen LogP contribution is 2.19. The first-order chi connectivity index (χ1) is 12.0. The lowest BCUT2D eigenvalue weighted by Gasteiger charge is -2.19. The number of aromatic nitrogens is 2. The van der Waals surface area contributed by atoms with Crippen LogP contribution in [0, 0.1) is 6.92 Å². The van der Waals surface area contributed by atoms with Crippen molar-refractivity contribution in [3.63, 3.8) is 0 Å². The molecule has 7 heteroatoms. The molecule has 0 fully saturated rings. The van der Waals surface area contributed by atoms with E-state index in [0.29, 0.717) is 28.4 Å². The SMILES string of the molecule is Cc1ccc(NC(=S)N(C)Cc2nc(-c3ccc(Cl)cc3)no2)cc1. The standard InChI is InChI=1S/C18H17ClN4OS/c1-12-3-9-15(10-4-12)20-18(25)23(2)11-16-21-17(22-24-16)13-5-7-14(19)8-6-13/h3-10H,11H2,1-2H3,(H,20,25). The molecule has 0 aliphatic rings. The normalized spacial score (nSPS) is 10.5. The van der Waals surface area contributed by atoms with Crippen molar-refractivity contribution in [2.75, 3.05) is 12.4 Å². The quantitative estimate of drug-likeness (QED) is 0.679. The number of aryl methyl sites for hydroxylation is 1. The van der Waals surface area contributed by atoms with Gasteiger partial charge in [0.05, 0.1) is 6.54 Å². The van der Waals surface area contributed by atoms with Crippen molar-refractivity contribution in [1.82, 2.24) is 15.0 Å². The third-order valence-electron chi connectivity index (χ3n) is 3.59. The van der Waals surface area contributed by atoms with Gasteiger partial charge < -0.3 is 14.7 Å². The molecule has 0 radical (unpaired) electrons. The van der Waals surface area contributed by atoms with E-state index in [-0.39, 0.29) is 0 Å². The maximum Gasteiger partial charge on any atom is 0.246 e. The molecule has 0 atom stereocenters. The smallest absolute Gasteiger partial charge is 0.246 e. The van der Waals surface area contributed by atoms with Crippen LogP contribution in [0.3, 0.4) is 0 Å². The molecule has 2 aromatic carbocycles. The van der Waals surface area contributed by atoms with Crippen LogP contribution in [-0.2, 0) is 6.54 Å². The number of hydrogen-bond acceptors (Lipinski definition) is 4. The third kappa shape index (κ3) is 4.55. The predicted molar refractivity (Wildman–Crippen MR) is 104 cm³/mol. The van der Waals surface area contributed by atoms with Gasteiger partial charge in [0.15, 0.2) is 5.11 Å². The molecular formula is C18H17ClN4OS. The molecule has 1 aromatic heterocycles. The minimum Gasteiger partial charge on any atom is -0.343 e. The topological polar surface area (TPSA) is 54.2 Å². The Balaban J connectivity index is 1.62. The number of nitrogens with one attached hydrogen (secondary N) is 1. The van der Waals surface area contributed by atoms with Crippen LogP contribution in [-0.4, -0.2) is 27.2 Å². The van der Waals surface area contributed by atoms with Crippen LogP contribution >= 0.6 is 23.8 Å². The van der Waals surface area contributed by atoms with Gasteiger partial charge in [-0.15, -0.1) is 0 Å². The lowest BCUT2D eigenvalue weighted by atomic mass is 10.2. The zero-order valence-electron chi connectivity index (χ0n) is 13.9. The van der Waals surface area contributed by atoms with E-state index in [4.69, 9.17) is 28.3 Å². The molecule has 3 aromatic rings. The maximum absolute atomic E-state index is 5.89. The molecule has 0 aliphatic heterocycles. The van der Waals surface area contributed by atoms with Crippen molar-refractivity contribution in [2.45, 2.75) is 13.5 Å². The molecule has 0 saturated carbocycles. The number of anilines is 1. The lowest BCUT2D eigenvalue weighted by molar-refractivity contribution is 0.336. The van der Waals surface area contributed by atoms with Gasteiger partial charge in [-0.1, -0.05) is 34.5 Å². The summed E-state index contributed by atoms with van der Waals surface area (Å²) in [7, 11) is 1.87. The molecule has 0 saturated heterocycles. The van der Waals surface area contributed by atoms with Crippen molar-refractivity contribution in [2.24, 2.45) is 0 Å². The van der Waals surface area contributed by atoms with Gasteiger partial charge in [-0.05, 0) is 55.5 Å². The minimum atomic E-state index is 0.415. The van der Waals surface area contributed by atoms with Crippen LogP contribution in [0.25, 0.3) is 11.4 Å². The highest BCUT2D eigenvalue weighted by molar-refractivity contribution is 7.80. The first-order valence-electron chi connectivity index (χ1n) is 7.68. The molecule has 0 unspecified atom stereocenters. The Morgan fingerprint density at radius 2 is 1.84 bits per heavy atom. The van der Waals surface area contributed by atoms with Crippen molar-refractivity contribution >= 4 is 34.6 Å². The minimum absolute atomic E-state index is 0.415. The molecule has 25 heavy (non-hydrogen) atoms. The number of benzene rings is 2. The van der Waals surface area contributed by atoms with E-state index in [2.05, 4.69) is 15.5 Å². The van der Waals surface area contributed by atoms with Crippen molar-refractivity contribution < 1.29 is 4.52 Å². The number of halogens is 1. The summed E-state index contributed by atoms with van der Waals surface area (Å²) >= 11 is 11.3. The monoisotopic (exact) mass is 372 g/mol. The van der Waals surface area contributed by atoms with Gasteiger partial charge in [0.1, 0.15) is 0 Å². The number of nitrogens with zero attached hydrogens (tertiary/aromatic N) is 3. The second-order valence-corrected chi connectivity index (χ2v) is 6.49. The maximum atomic E-state index is 5.89. The van der Waals surface area contributed by atoms with Gasteiger partial charge in [-0.3, -0.25) is 0 Å². The summed E-state index contributed by atoms with van der Waals surface area (Å²) in [5, 5.41) is 8.43. The van der Waals surface area contributed by atoms with Crippen LogP contribution < -0.4 is 5.32 Å². The predicted octanol–water partition coefficient (Wildman–Crippen LogP) is 4.53. The van der Waals surface area contributed by atoms with E-state index in [0.717, 1.165) is 11.3 Å². The number of thiocarbonyl (C=S) groups is 1. The fourth-order valence-electron chi connectivity index (χ4n) is 2.17. The molecule has 3 rings (SSSR count). The molecule has 128 valence electrons. The first kappa shape index (κ1) is 17.4. The zero-order chi connectivity index (χ0) is 17.8. The molecule has 1 N–H and O–H groups in total. The van der Waals surface area contributed by atoms with Crippen molar-refractivity contribution in [3.05, 3.63) is 65.0 Å². The largest absolute Gasteiger partial charge is 0.343 e. The Bertz CT molecular complexity index is 862. The number of hydrogen-bond donors (Lipinski definition) is 1. The molecule has 0 spiro atoms. The highest BCUT2D eigenvalue weighted by Gasteiger charge is 2.13. The molecule has 0 amide bonds. The Morgan fingerprint density at radius 3 is 2.52 bits per heavy atom. The number of rotatable bonds is 4. The Labute approximate surface area is 156 Å². The third-order valence-corrected chi connectivity index (χ3v) is 4.26.